The maximum atomic E-state index is 5.72. The van der Waals surface area contributed by atoms with Crippen molar-refractivity contribution in [2.24, 2.45) is 0 Å². The quantitative estimate of drug-likeness (QED) is 0.853. The molecule has 0 fully saturated rings. The molecule has 3 nitrogen and oxygen atoms in total. The fourth-order valence-corrected chi connectivity index (χ4v) is 2.27. The summed E-state index contributed by atoms with van der Waals surface area (Å²) in [6.45, 7) is 1.45. The highest BCUT2D eigenvalue weighted by Crippen LogP contribution is 2.15. The van der Waals surface area contributed by atoms with Crippen molar-refractivity contribution in [3.05, 3.63) is 46.3 Å². The lowest BCUT2D eigenvalue weighted by Crippen LogP contribution is -2.09. The number of pyridine rings is 1. The SMILES string of the molecule is CNCc1cccnc1OCCc1cccs1. The van der Waals surface area contributed by atoms with Gasteiger partial charge in [-0.2, -0.15) is 0 Å². The molecule has 0 aliphatic heterocycles. The monoisotopic (exact) mass is 248 g/mol. The summed E-state index contributed by atoms with van der Waals surface area (Å²) in [7, 11) is 1.92. The predicted molar refractivity (Wildman–Crippen MR) is 70.5 cm³/mol. The minimum absolute atomic E-state index is 0.675. The molecule has 0 aromatic carbocycles. The first-order chi connectivity index (χ1) is 8.40. The number of hydrogen-bond acceptors (Lipinski definition) is 4. The van der Waals surface area contributed by atoms with Crippen LogP contribution in [-0.2, 0) is 13.0 Å². The second kappa shape index (κ2) is 6.37. The van der Waals surface area contributed by atoms with E-state index < -0.39 is 0 Å². The van der Waals surface area contributed by atoms with Crippen LogP contribution in [0.5, 0.6) is 5.88 Å². The van der Waals surface area contributed by atoms with Gasteiger partial charge < -0.3 is 10.1 Å². The summed E-state index contributed by atoms with van der Waals surface area (Å²) in [5.41, 5.74) is 1.10. The normalized spacial score (nSPS) is 10.4. The molecule has 0 aliphatic carbocycles. The molecular formula is C13H16N2OS. The van der Waals surface area contributed by atoms with Crippen LogP contribution in [0, 0.1) is 0 Å². The number of nitrogens with zero attached hydrogens (tertiary/aromatic N) is 1. The molecule has 2 rings (SSSR count). The molecular weight excluding hydrogens is 232 g/mol. The van der Waals surface area contributed by atoms with E-state index in [4.69, 9.17) is 4.74 Å². The largest absolute Gasteiger partial charge is 0.477 e. The van der Waals surface area contributed by atoms with Crippen molar-refractivity contribution in [3.8, 4) is 5.88 Å². The highest BCUT2D eigenvalue weighted by Gasteiger charge is 2.03. The molecule has 0 aliphatic rings. The zero-order chi connectivity index (χ0) is 11.9. The minimum Gasteiger partial charge on any atom is -0.477 e. The Hall–Kier alpha value is -1.39. The predicted octanol–water partition coefficient (Wildman–Crippen LogP) is 2.48. The molecule has 1 N–H and O–H groups in total. The van der Waals surface area contributed by atoms with Crippen molar-refractivity contribution in [3.63, 3.8) is 0 Å². The molecule has 0 saturated carbocycles. The van der Waals surface area contributed by atoms with E-state index in [0.717, 1.165) is 24.4 Å². The van der Waals surface area contributed by atoms with Crippen LogP contribution in [0.4, 0.5) is 0 Å². The Morgan fingerprint density at radius 2 is 2.29 bits per heavy atom. The van der Waals surface area contributed by atoms with Crippen LogP contribution in [0.1, 0.15) is 10.4 Å². The average molecular weight is 248 g/mol. The first-order valence-corrected chi connectivity index (χ1v) is 6.52. The summed E-state index contributed by atoms with van der Waals surface area (Å²) in [6, 6.07) is 8.15. The van der Waals surface area contributed by atoms with E-state index in [1.807, 2.05) is 19.2 Å². The maximum Gasteiger partial charge on any atom is 0.217 e. The van der Waals surface area contributed by atoms with Crippen LogP contribution in [0.3, 0.4) is 0 Å². The van der Waals surface area contributed by atoms with Crippen molar-refractivity contribution in [1.29, 1.82) is 0 Å². The van der Waals surface area contributed by atoms with Gasteiger partial charge in [-0.1, -0.05) is 12.1 Å². The number of ether oxygens (including phenoxy) is 1. The maximum absolute atomic E-state index is 5.72. The van der Waals surface area contributed by atoms with Crippen LogP contribution in [0.25, 0.3) is 0 Å². The molecule has 17 heavy (non-hydrogen) atoms. The molecule has 0 radical (unpaired) electrons. The van der Waals surface area contributed by atoms with Gasteiger partial charge in [-0.05, 0) is 24.6 Å². The van der Waals surface area contributed by atoms with Gasteiger partial charge in [-0.25, -0.2) is 4.98 Å². The number of nitrogens with one attached hydrogen (secondary N) is 1. The Labute approximate surface area is 105 Å². The number of thiophene rings is 1. The van der Waals surface area contributed by atoms with Crippen molar-refractivity contribution in [2.75, 3.05) is 13.7 Å². The van der Waals surface area contributed by atoms with Crippen molar-refractivity contribution in [2.45, 2.75) is 13.0 Å². The topological polar surface area (TPSA) is 34.2 Å². The van der Waals surface area contributed by atoms with Crippen LogP contribution >= 0.6 is 11.3 Å². The number of rotatable bonds is 6. The van der Waals surface area contributed by atoms with E-state index >= 15 is 0 Å². The average Bonchev–Trinajstić information content (AvgIpc) is 2.85. The molecule has 0 atom stereocenters. The highest BCUT2D eigenvalue weighted by molar-refractivity contribution is 7.09. The van der Waals surface area contributed by atoms with Crippen LogP contribution in [-0.4, -0.2) is 18.6 Å². The van der Waals surface area contributed by atoms with Gasteiger partial charge in [0.25, 0.3) is 0 Å². The summed E-state index contributed by atoms with van der Waals surface area (Å²) in [5.74, 6) is 0.735. The van der Waals surface area contributed by atoms with E-state index in [-0.39, 0.29) is 0 Å². The second-order valence-corrected chi connectivity index (χ2v) is 4.71. The van der Waals surface area contributed by atoms with Gasteiger partial charge in [-0.3, -0.25) is 0 Å². The van der Waals surface area contributed by atoms with Crippen molar-refractivity contribution >= 4 is 11.3 Å². The Kier molecular flexibility index (Phi) is 4.53. The Morgan fingerprint density at radius 1 is 1.35 bits per heavy atom. The molecule has 0 saturated heterocycles. The van der Waals surface area contributed by atoms with Gasteiger partial charge in [0.2, 0.25) is 5.88 Å². The van der Waals surface area contributed by atoms with Gasteiger partial charge in [0.1, 0.15) is 0 Å². The number of aromatic nitrogens is 1. The van der Waals surface area contributed by atoms with Gasteiger partial charge in [-0.15, -0.1) is 11.3 Å². The van der Waals surface area contributed by atoms with Gasteiger partial charge in [0.15, 0.2) is 0 Å². The molecule has 90 valence electrons. The summed E-state index contributed by atoms with van der Waals surface area (Å²) >= 11 is 1.76. The summed E-state index contributed by atoms with van der Waals surface area (Å²) in [5, 5.41) is 5.20. The molecule has 4 heteroatoms. The minimum atomic E-state index is 0.675. The third-order valence-corrected chi connectivity index (χ3v) is 3.32. The second-order valence-electron chi connectivity index (χ2n) is 3.68. The van der Waals surface area contributed by atoms with Crippen LogP contribution < -0.4 is 10.1 Å². The summed E-state index contributed by atoms with van der Waals surface area (Å²) in [6.07, 6.45) is 2.70. The molecule has 2 aromatic rings. The fraction of sp³-hybridized carbons (Fsp3) is 0.308. The van der Waals surface area contributed by atoms with E-state index in [1.54, 1.807) is 17.5 Å². The van der Waals surface area contributed by atoms with Crippen molar-refractivity contribution < 1.29 is 4.74 Å². The zero-order valence-corrected chi connectivity index (χ0v) is 10.7. The zero-order valence-electron chi connectivity index (χ0n) is 9.85. The lowest BCUT2D eigenvalue weighted by atomic mass is 10.2. The van der Waals surface area contributed by atoms with Gasteiger partial charge in [0, 0.05) is 29.6 Å². The van der Waals surface area contributed by atoms with Crippen molar-refractivity contribution in [1.82, 2.24) is 10.3 Å². The van der Waals surface area contributed by atoms with Gasteiger partial charge >= 0.3 is 0 Å². The first kappa shape index (κ1) is 12.1. The smallest absolute Gasteiger partial charge is 0.217 e. The van der Waals surface area contributed by atoms with E-state index in [0.29, 0.717) is 6.61 Å². The lowest BCUT2D eigenvalue weighted by Gasteiger charge is -2.09. The molecule has 0 amide bonds. The third kappa shape index (κ3) is 3.54. The molecule has 0 bridgehead atoms. The van der Waals surface area contributed by atoms with Crippen LogP contribution in [0.15, 0.2) is 35.8 Å². The Balaban J connectivity index is 1.89. The van der Waals surface area contributed by atoms with Crippen LogP contribution in [0.2, 0.25) is 0 Å². The molecule has 0 spiro atoms. The standard InChI is InChI=1S/C13H16N2OS/c1-14-10-11-4-2-7-15-13(11)16-8-6-12-5-3-9-17-12/h2-5,7,9,14H,6,8,10H2,1H3. The first-order valence-electron chi connectivity index (χ1n) is 5.64. The summed E-state index contributed by atoms with van der Waals surface area (Å²) < 4.78 is 5.72. The van der Waals surface area contributed by atoms with Gasteiger partial charge in [0.05, 0.1) is 6.61 Å². The third-order valence-electron chi connectivity index (χ3n) is 2.38. The molecule has 0 unspecified atom stereocenters. The molecule has 2 heterocycles. The lowest BCUT2D eigenvalue weighted by molar-refractivity contribution is 0.306. The van der Waals surface area contributed by atoms with E-state index in [1.165, 1.54) is 4.88 Å². The van der Waals surface area contributed by atoms with E-state index in [2.05, 4.69) is 27.8 Å². The number of hydrogen-bond donors (Lipinski definition) is 1. The molecule has 2 aromatic heterocycles. The Bertz CT molecular complexity index is 442. The summed E-state index contributed by atoms with van der Waals surface area (Å²) in [4.78, 5) is 5.60. The Morgan fingerprint density at radius 3 is 3.06 bits per heavy atom. The fourth-order valence-electron chi connectivity index (χ4n) is 1.58. The van der Waals surface area contributed by atoms with E-state index in [9.17, 15) is 0 Å². The highest BCUT2D eigenvalue weighted by atomic mass is 32.1.